The number of hydrogen-bond acceptors (Lipinski definition) is 4. The van der Waals surface area contributed by atoms with E-state index >= 15 is 0 Å². The molecular weight excluding hydrogens is 292 g/mol. The Kier molecular flexibility index (Phi) is 4.14. The molecule has 4 nitrogen and oxygen atoms in total. The summed E-state index contributed by atoms with van der Waals surface area (Å²) in [6.45, 7) is 6.93. The van der Waals surface area contributed by atoms with E-state index in [1.165, 1.54) is 6.07 Å². The Morgan fingerprint density at radius 2 is 2.10 bits per heavy atom. The molecule has 0 unspecified atom stereocenters. The van der Waals surface area contributed by atoms with Gasteiger partial charge in [-0.2, -0.15) is 21.3 Å². The zero-order valence-electron chi connectivity index (χ0n) is 11.9. The second kappa shape index (κ2) is 5.40. The van der Waals surface area contributed by atoms with Crippen LogP contribution in [0.1, 0.15) is 25.0 Å². The average Bonchev–Trinajstić information content (AvgIpc) is 2.37. The van der Waals surface area contributed by atoms with Crippen LogP contribution in [0.4, 0.5) is 0 Å². The minimum Gasteiger partial charge on any atom is -0.207 e. The zero-order valence-corrected chi connectivity index (χ0v) is 13.5. The number of thioether (sulfide) groups is 1. The quantitative estimate of drug-likeness (QED) is 0.841. The molecule has 20 heavy (non-hydrogen) atoms. The van der Waals surface area contributed by atoms with Gasteiger partial charge in [0, 0.05) is 23.6 Å². The van der Waals surface area contributed by atoms with Crippen LogP contribution in [-0.4, -0.2) is 36.3 Å². The van der Waals surface area contributed by atoms with Crippen LogP contribution in [0.5, 0.6) is 0 Å². The molecule has 108 valence electrons. The van der Waals surface area contributed by atoms with Crippen molar-refractivity contribution in [1.82, 2.24) is 4.31 Å². The van der Waals surface area contributed by atoms with Crippen LogP contribution >= 0.6 is 11.8 Å². The summed E-state index contributed by atoms with van der Waals surface area (Å²) in [5.74, 6) is 0.807. The maximum Gasteiger partial charge on any atom is 0.243 e. The maximum absolute atomic E-state index is 12.7. The first-order valence-electron chi connectivity index (χ1n) is 6.41. The summed E-state index contributed by atoms with van der Waals surface area (Å²) < 4.78 is 26.8. The maximum atomic E-state index is 12.7. The van der Waals surface area contributed by atoms with E-state index in [4.69, 9.17) is 5.26 Å². The Labute approximate surface area is 124 Å². The van der Waals surface area contributed by atoms with Crippen molar-refractivity contribution in [2.75, 3.05) is 18.8 Å². The van der Waals surface area contributed by atoms with Gasteiger partial charge in [-0.05, 0) is 44.5 Å². The van der Waals surface area contributed by atoms with Crippen LogP contribution in [0.3, 0.4) is 0 Å². The van der Waals surface area contributed by atoms with Gasteiger partial charge in [0.1, 0.15) is 0 Å². The summed E-state index contributed by atoms with van der Waals surface area (Å²) in [7, 11) is -3.47. The Morgan fingerprint density at radius 1 is 1.40 bits per heavy atom. The average molecular weight is 310 g/mol. The molecule has 0 saturated carbocycles. The van der Waals surface area contributed by atoms with Crippen LogP contribution in [0, 0.1) is 18.3 Å². The number of sulfonamides is 1. The Balaban J connectivity index is 2.36. The summed E-state index contributed by atoms with van der Waals surface area (Å²) in [5.41, 5.74) is 1.21. The zero-order chi connectivity index (χ0) is 15.0. The standard InChI is InChI=1S/C14H18N2O2S2/c1-11-8-13(5-4-12(11)9-15)20(17,18)16-6-7-19-14(2,3)10-16/h4-5,8H,6-7,10H2,1-3H3. The van der Waals surface area contributed by atoms with Gasteiger partial charge in [0.15, 0.2) is 0 Å². The monoisotopic (exact) mass is 310 g/mol. The summed E-state index contributed by atoms with van der Waals surface area (Å²) in [4.78, 5) is 0.275. The molecule has 0 radical (unpaired) electrons. The smallest absolute Gasteiger partial charge is 0.207 e. The molecule has 0 atom stereocenters. The van der Waals surface area contributed by atoms with Crippen molar-refractivity contribution in [3.63, 3.8) is 0 Å². The van der Waals surface area contributed by atoms with Gasteiger partial charge in [-0.15, -0.1) is 0 Å². The van der Waals surface area contributed by atoms with E-state index in [1.54, 1.807) is 35.1 Å². The molecule has 2 rings (SSSR count). The third kappa shape index (κ3) is 3.00. The lowest BCUT2D eigenvalue weighted by Crippen LogP contribution is -2.46. The van der Waals surface area contributed by atoms with Crippen molar-refractivity contribution in [3.05, 3.63) is 29.3 Å². The molecule has 0 aliphatic carbocycles. The van der Waals surface area contributed by atoms with Crippen LogP contribution < -0.4 is 0 Å². The fraction of sp³-hybridized carbons (Fsp3) is 0.500. The Morgan fingerprint density at radius 3 is 2.65 bits per heavy atom. The van der Waals surface area contributed by atoms with Crippen molar-refractivity contribution in [2.24, 2.45) is 0 Å². The van der Waals surface area contributed by atoms with E-state index in [0.29, 0.717) is 24.2 Å². The predicted octanol–water partition coefficient (Wildman–Crippen LogP) is 2.38. The molecular formula is C14H18N2O2S2. The van der Waals surface area contributed by atoms with E-state index in [2.05, 4.69) is 19.9 Å². The molecule has 1 heterocycles. The van der Waals surface area contributed by atoms with Gasteiger partial charge in [-0.1, -0.05) is 0 Å². The van der Waals surface area contributed by atoms with Gasteiger partial charge in [0.25, 0.3) is 0 Å². The van der Waals surface area contributed by atoms with Gasteiger partial charge >= 0.3 is 0 Å². The largest absolute Gasteiger partial charge is 0.243 e. The molecule has 0 amide bonds. The van der Waals surface area contributed by atoms with E-state index in [0.717, 1.165) is 5.75 Å². The van der Waals surface area contributed by atoms with Gasteiger partial charge in [-0.25, -0.2) is 8.42 Å². The summed E-state index contributed by atoms with van der Waals surface area (Å²) >= 11 is 1.80. The molecule has 1 fully saturated rings. The van der Waals surface area contributed by atoms with Gasteiger partial charge in [0.05, 0.1) is 16.5 Å². The van der Waals surface area contributed by atoms with E-state index in [-0.39, 0.29) is 9.64 Å². The fourth-order valence-corrected chi connectivity index (χ4v) is 5.25. The lowest BCUT2D eigenvalue weighted by Gasteiger charge is -2.36. The van der Waals surface area contributed by atoms with Crippen molar-refractivity contribution in [3.8, 4) is 6.07 Å². The Bertz CT molecular complexity index is 660. The molecule has 0 spiro atoms. The molecule has 1 aromatic rings. The number of nitrogens with zero attached hydrogens (tertiary/aromatic N) is 2. The number of rotatable bonds is 2. The minimum absolute atomic E-state index is 0.0625. The number of benzene rings is 1. The number of aryl methyl sites for hydroxylation is 1. The Hall–Kier alpha value is -1.03. The number of hydrogen-bond donors (Lipinski definition) is 0. The molecule has 0 N–H and O–H groups in total. The van der Waals surface area contributed by atoms with Crippen molar-refractivity contribution >= 4 is 21.8 Å². The molecule has 1 aliphatic rings. The van der Waals surface area contributed by atoms with Crippen LogP contribution in [0.2, 0.25) is 0 Å². The van der Waals surface area contributed by atoms with Gasteiger partial charge in [-0.3, -0.25) is 0 Å². The normalized spacial score (nSPS) is 19.5. The first kappa shape index (κ1) is 15.4. The number of nitriles is 1. The van der Waals surface area contributed by atoms with Crippen molar-refractivity contribution < 1.29 is 8.42 Å². The van der Waals surface area contributed by atoms with Crippen LogP contribution in [-0.2, 0) is 10.0 Å². The SMILES string of the molecule is Cc1cc(S(=O)(=O)N2CCSC(C)(C)C2)ccc1C#N. The molecule has 6 heteroatoms. The fourth-order valence-electron chi connectivity index (χ4n) is 2.25. The second-order valence-electron chi connectivity index (χ2n) is 5.54. The molecule has 1 aromatic carbocycles. The third-order valence-corrected chi connectivity index (χ3v) is 6.49. The van der Waals surface area contributed by atoms with Gasteiger partial charge < -0.3 is 0 Å². The van der Waals surface area contributed by atoms with Crippen LogP contribution in [0.25, 0.3) is 0 Å². The second-order valence-corrected chi connectivity index (χ2v) is 9.28. The van der Waals surface area contributed by atoms with E-state index in [1.807, 2.05) is 0 Å². The lowest BCUT2D eigenvalue weighted by molar-refractivity contribution is 0.387. The topological polar surface area (TPSA) is 61.2 Å². The van der Waals surface area contributed by atoms with Crippen molar-refractivity contribution in [2.45, 2.75) is 30.4 Å². The highest BCUT2D eigenvalue weighted by molar-refractivity contribution is 8.00. The predicted molar refractivity (Wildman–Crippen MR) is 81.2 cm³/mol. The highest BCUT2D eigenvalue weighted by atomic mass is 32.2. The molecule has 1 aliphatic heterocycles. The first-order valence-corrected chi connectivity index (χ1v) is 8.84. The van der Waals surface area contributed by atoms with E-state index < -0.39 is 10.0 Å². The van der Waals surface area contributed by atoms with Gasteiger partial charge in [0.2, 0.25) is 10.0 Å². The summed E-state index contributed by atoms with van der Waals surface area (Å²) in [6.07, 6.45) is 0. The first-order chi connectivity index (χ1) is 9.26. The molecule has 0 aromatic heterocycles. The highest BCUT2D eigenvalue weighted by Crippen LogP contribution is 2.32. The molecule has 0 bridgehead atoms. The van der Waals surface area contributed by atoms with E-state index in [9.17, 15) is 8.42 Å². The highest BCUT2D eigenvalue weighted by Gasteiger charge is 2.34. The summed E-state index contributed by atoms with van der Waals surface area (Å²) in [6, 6.07) is 6.74. The minimum atomic E-state index is -3.47. The summed E-state index contributed by atoms with van der Waals surface area (Å²) in [5, 5.41) is 8.92. The molecule has 1 saturated heterocycles. The third-order valence-electron chi connectivity index (χ3n) is 3.35. The van der Waals surface area contributed by atoms with Crippen molar-refractivity contribution in [1.29, 1.82) is 5.26 Å². The lowest BCUT2D eigenvalue weighted by atomic mass is 10.1. The van der Waals surface area contributed by atoms with Crippen LogP contribution in [0.15, 0.2) is 23.1 Å².